The van der Waals surface area contributed by atoms with E-state index in [0.29, 0.717) is 17.2 Å². The molecule has 0 saturated carbocycles. The second-order valence-electron chi connectivity index (χ2n) is 6.18. The zero-order chi connectivity index (χ0) is 15.1. The summed E-state index contributed by atoms with van der Waals surface area (Å²) in [5.41, 5.74) is -0.149. The van der Waals surface area contributed by atoms with Crippen LogP contribution >= 0.6 is 0 Å². The third-order valence-electron chi connectivity index (χ3n) is 4.94. The van der Waals surface area contributed by atoms with Gasteiger partial charge in [0.05, 0.1) is 29.2 Å². The van der Waals surface area contributed by atoms with Crippen molar-refractivity contribution in [3.63, 3.8) is 0 Å². The average molecular weight is 299 g/mol. The minimum absolute atomic E-state index is 0.157. The zero-order valence-electron chi connectivity index (χ0n) is 11.8. The molecule has 2 bridgehead atoms. The van der Waals surface area contributed by atoms with E-state index < -0.39 is 17.4 Å². The van der Waals surface area contributed by atoms with Crippen LogP contribution in [0.15, 0.2) is 30.4 Å². The molecule has 5 rings (SSSR count). The fourth-order valence-electron chi connectivity index (χ4n) is 3.93. The summed E-state index contributed by atoms with van der Waals surface area (Å²) >= 11 is 0. The molecular weight excluding hydrogens is 286 g/mol. The highest BCUT2D eigenvalue weighted by atomic mass is 16.7. The predicted molar refractivity (Wildman–Crippen MR) is 74.5 cm³/mol. The van der Waals surface area contributed by atoms with Crippen molar-refractivity contribution in [3.05, 3.63) is 30.4 Å². The van der Waals surface area contributed by atoms with Crippen LogP contribution in [-0.2, 0) is 14.3 Å². The number of hydrogen-bond acceptors (Lipinski definition) is 5. The lowest BCUT2D eigenvalue weighted by atomic mass is 9.78. The molecular formula is C16H13NO5. The van der Waals surface area contributed by atoms with E-state index in [2.05, 4.69) is 0 Å². The zero-order valence-corrected chi connectivity index (χ0v) is 11.8. The molecule has 6 heteroatoms. The molecule has 0 N–H and O–H groups in total. The summed E-state index contributed by atoms with van der Waals surface area (Å²) in [7, 11) is 0. The Labute approximate surface area is 126 Å². The maximum atomic E-state index is 12.8. The van der Waals surface area contributed by atoms with Gasteiger partial charge in [-0.1, -0.05) is 12.2 Å². The number of imide groups is 1. The van der Waals surface area contributed by atoms with Crippen LogP contribution < -0.4 is 14.4 Å². The molecule has 1 aromatic rings. The first-order valence-corrected chi connectivity index (χ1v) is 7.23. The van der Waals surface area contributed by atoms with Crippen molar-refractivity contribution in [2.75, 3.05) is 11.7 Å². The highest BCUT2D eigenvalue weighted by molar-refractivity contribution is 6.23. The number of carbonyl (C=O) groups is 2. The molecule has 4 aliphatic rings. The molecule has 4 atom stereocenters. The van der Waals surface area contributed by atoms with Gasteiger partial charge in [0.2, 0.25) is 18.6 Å². The normalized spacial score (nSPS) is 37.3. The number of hydrogen-bond donors (Lipinski definition) is 0. The summed E-state index contributed by atoms with van der Waals surface area (Å²) in [5, 5.41) is 0. The van der Waals surface area contributed by atoms with Gasteiger partial charge in [0.1, 0.15) is 0 Å². The number of ether oxygens (including phenoxy) is 3. The SMILES string of the molecule is C[C@@]12C=C[C@H](O1)[C@H]1C(=O)N(c3ccc4c(c3)OCO4)C(=O)[C@@H]12. The summed E-state index contributed by atoms with van der Waals surface area (Å²) < 4.78 is 16.4. The molecule has 1 aromatic carbocycles. The molecule has 2 amide bonds. The van der Waals surface area contributed by atoms with Crippen molar-refractivity contribution in [1.29, 1.82) is 0 Å². The van der Waals surface area contributed by atoms with Crippen LogP contribution in [-0.4, -0.2) is 30.3 Å². The van der Waals surface area contributed by atoms with E-state index in [-0.39, 0.29) is 24.7 Å². The molecule has 112 valence electrons. The van der Waals surface area contributed by atoms with E-state index in [1.54, 1.807) is 18.2 Å². The van der Waals surface area contributed by atoms with Crippen LogP contribution in [0.4, 0.5) is 5.69 Å². The number of fused-ring (bicyclic) bond motifs is 6. The van der Waals surface area contributed by atoms with Gasteiger partial charge in [-0.15, -0.1) is 0 Å². The van der Waals surface area contributed by atoms with Crippen LogP contribution in [0.5, 0.6) is 11.5 Å². The highest BCUT2D eigenvalue weighted by Gasteiger charge is 2.66. The summed E-state index contributed by atoms with van der Waals surface area (Å²) in [6.07, 6.45) is 3.48. The van der Waals surface area contributed by atoms with E-state index in [9.17, 15) is 9.59 Å². The van der Waals surface area contributed by atoms with Crippen LogP contribution in [0.1, 0.15) is 6.92 Å². The summed E-state index contributed by atoms with van der Waals surface area (Å²) in [4.78, 5) is 26.8. The molecule has 2 saturated heterocycles. The molecule has 4 aliphatic heterocycles. The van der Waals surface area contributed by atoms with Gasteiger partial charge in [-0.3, -0.25) is 9.59 Å². The van der Waals surface area contributed by atoms with Crippen molar-refractivity contribution in [2.24, 2.45) is 11.8 Å². The number of amides is 2. The first-order chi connectivity index (χ1) is 10.6. The quantitative estimate of drug-likeness (QED) is 0.577. The number of nitrogens with zero attached hydrogens (tertiary/aromatic N) is 1. The molecule has 0 unspecified atom stereocenters. The molecule has 0 aliphatic carbocycles. The first-order valence-electron chi connectivity index (χ1n) is 7.23. The second kappa shape index (κ2) is 3.70. The van der Waals surface area contributed by atoms with Gasteiger partial charge in [-0.05, 0) is 19.1 Å². The molecule has 6 nitrogen and oxygen atoms in total. The second-order valence-corrected chi connectivity index (χ2v) is 6.18. The largest absolute Gasteiger partial charge is 0.454 e. The Balaban J connectivity index is 1.58. The van der Waals surface area contributed by atoms with Crippen LogP contribution in [0, 0.1) is 11.8 Å². The lowest BCUT2D eigenvalue weighted by molar-refractivity contribution is -0.126. The Morgan fingerprint density at radius 3 is 2.82 bits per heavy atom. The van der Waals surface area contributed by atoms with Crippen LogP contribution in [0.3, 0.4) is 0 Å². The monoisotopic (exact) mass is 299 g/mol. The Kier molecular flexibility index (Phi) is 2.06. The molecule has 2 fully saturated rings. The third-order valence-corrected chi connectivity index (χ3v) is 4.94. The number of benzene rings is 1. The summed E-state index contributed by atoms with van der Waals surface area (Å²) in [6, 6.07) is 5.11. The van der Waals surface area contributed by atoms with Crippen molar-refractivity contribution in [2.45, 2.75) is 18.6 Å². The Hall–Kier alpha value is -2.34. The minimum Gasteiger partial charge on any atom is -0.454 e. The van der Waals surface area contributed by atoms with Gasteiger partial charge in [-0.2, -0.15) is 0 Å². The van der Waals surface area contributed by atoms with E-state index in [1.165, 1.54) is 4.90 Å². The Morgan fingerprint density at radius 2 is 2.00 bits per heavy atom. The Morgan fingerprint density at radius 1 is 1.18 bits per heavy atom. The van der Waals surface area contributed by atoms with Gasteiger partial charge in [0, 0.05) is 6.07 Å². The van der Waals surface area contributed by atoms with Gasteiger partial charge >= 0.3 is 0 Å². The van der Waals surface area contributed by atoms with Crippen molar-refractivity contribution >= 4 is 17.5 Å². The number of carbonyl (C=O) groups excluding carboxylic acids is 2. The first kappa shape index (κ1) is 12.2. The Bertz CT molecular complexity index is 757. The van der Waals surface area contributed by atoms with Crippen molar-refractivity contribution < 1.29 is 23.8 Å². The van der Waals surface area contributed by atoms with E-state index >= 15 is 0 Å². The standard InChI is InChI=1S/C16H13NO5/c1-16-5-4-10(22-16)12-13(16)15(19)17(14(12)18)8-2-3-9-11(6-8)21-7-20-9/h2-6,10,12-13H,7H2,1H3/t10-,12+,13+,16-/m0/s1. The summed E-state index contributed by atoms with van der Waals surface area (Å²) in [6.45, 7) is 2.02. The molecule has 22 heavy (non-hydrogen) atoms. The molecule has 4 heterocycles. The van der Waals surface area contributed by atoms with Gasteiger partial charge in [0.15, 0.2) is 11.5 Å². The average Bonchev–Trinajstić information content (AvgIpc) is 3.20. The topological polar surface area (TPSA) is 65.1 Å². The van der Waals surface area contributed by atoms with Crippen molar-refractivity contribution in [1.82, 2.24) is 0 Å². The third kappa shape index (κ3) is 1.29. The fourth-order valence-corrected chi connectivity index (χ4v) is 3.93. The lowest BCUT2D eigenvalue weighted by Crippen LogP contribution is -2.38. The van der Waals surface area contributed by atoms with E-state index in [0.717, 1.165) is 0 Å². The number of rotatable bonds is 1. The van der Waals surface area contributed by atoms with E-state index in [4.69, 9.17) is 14.2 Å². The van der Waals surface area contributed by atoms with Gasteiger partial charge in [0.25, 0.3) is 0 Å². The molecule has 0 spiro atoms. The molecule has 0 radical (unpaired) electrons. The maximum absolute atomic E-state index is 12.8. The van der Waals surface area contributed by atoms with Gasteiger partial charge < -0.3 is 14.2 Å². The maximum Gasteiger partial charge on any atom is 0.241 e. The summed E-state index contributed by atoms with van der Waals surface area (Å²) in [5.74, 6) is -0.0951. The lowest BCUT2D eigenvalue weighted by Gasteiger charge is -2.24. The fraction of sp³-hybridized carbons (Fsp3) is 0.375. The van der Waals surface area contributed by atoms with Crippen LogP contribution in [0.25, 0.3) is 0 Å². The number of anilines is 1. The predicted octanol–water partition coefficient (Wildman–Crippen LogP) is 1.25. The van der Waals surface area contributed by atoms with Crippen LogP contribution in [0.2, 0.25) is 0 Å². The van der Waals surface area contributed by atoms with Crippen molar-refractivity contribution in [3.8, 4) is 11.5 Å². The van der Waals surface area contributed by atoms with E-state index in [1.807, 2.05) is 19.1 Å². The molecule has 0 aromatic heterocycles. The minimum atomic E-state index is -0.673. The smallest absolute Gasteiger partial charge is 0.241 e. The van der Waals surface area contributed by atoms with Gasteiger partial charge in [-0.25, -0.2) is 4.90 Å². The highest BCUT2D eigenvalue weighted by Crippen LogP contribution is 2.52.